The van der Waals surface area contributed by atoms with Crippen LogP contribution in [-0.2, 0) is 0 Å². The Labute approximate surface area is 98.3 Å². The number of hydrogen-bond acceptors (Lipinski definition) is 5. The third-order valence-electron chi connectivity index (χ3n) is 2.05. The Morgan fingerprint density at radius 3 is 2.24 bits per heavy atom. The van der Waals surface area contributed by atoms with Crippen LogP contribution in [0.4, 0.5) is 0 Å². The molecule has 4 N–H and O–H groups in total. The lowest BCUT2D eigenvalue weighted by Gasteiger charge is -2.16. The molecule has 0 rings (SSSR count). The number of unbranched alkanes of at least 4 members (excludes halogenated alkanes) is 1. The first kappa shape index (κ1) is 15.2. The molecule has 0 radical (unpaired) electrons. The predicted octanol–water partition coefficient (Wildman–Crippen LogP) is 0.0358. The normalized spacial score (nSPS) is 12.8. The van der Waals surface area contributed by atoms with Gasteiger partial charge in [-0.15, -0.1) is 5.01 Å². The van der Waals surface area contributed by atoms with Crippen LogP contribution in [0, 0.1) is 10.4 Å². The molecular weight excluding hydrogens is 232 g/mol. The van der Waals surface area contributed by atoms with Crippen molar-refractivity contribution in [3.8, 4) is 0 Å². The zero-order valence-electron chi connectivity index (χ0n) is 9.47. The van der Waals surface area contributed by atoms with Crippen molar-refractivity contribution in [2.75, 3.05) is 26.2 Å². The molecule has 0 aromatic carbocycles. The van der Waals surface area contributed by atoms with Gasteiger partial charge in [0.15, 0.2) is 11.8 Å². The van der Waals surface area contributed by atoms with E-state index < -0.39 is 0 Å². The molecule has 0 aromatic heterocycles. The minimum atomic E-state index is 0.0380. The molecule has 0 aliphatic rings. The summed E-state index contributed by atoms with van der Waals surface area (Å²) in [5.41, 5.74) is 5.30. The highest BCUT2D eigenvalue weighted by Crippen LogP contribution is 1.98. The molecule has 0 saturated heterocycles. The highest BCUT2D eigenvalue weighted by atomic mass is 16.6. The summed E-state index contributed by atoms with van der Waals surface area (Å²) >= 11 is 0. The number of hydroxylamine groups is 1. The van der Waals surface area contributed by atoms with Gasteiger partial charge in [-0.25, -0.2) is 0 Å². The first-order valence-corrected chi connectivity index (χ1v) is 5.22. The Hall–Kier alpha value is -1.84. The summed E-state index contributed by atoms with van der Waals surface area (Å²) in [5, 5.41) is 44.2. The van der Waals surface area contributed by atoms with Gasteiger partial charge in [0, 0.05) is 6.42 Å². The fourth-order valence-electron chi connectivity index (χ4n) is 1.20. The molecule has 0 heterocycles. The Morgan fingerprint density at radius 1 is 1.06 bits per heavy atom. The number of nitrogens with two attached hydrogens (primary N) is 1. The molecule has 0 fully saturated rings. The van der Waals surface area contributed by atoms with Crippen LogP contribution in [0.5, 0.6) is 0 Å². The maximum Gasteiger partial charge on any atom is 0.230 e. The number of hydrazine groups is 1. The van der Waals surface area contributed by atoms with Crippen molar-refractivity contribution in [1.29, 1.82) is 0 Å². The molecule has 0 amide bonds. The summed E-state index contributed by atoms with van der Waals surface area (Å²) in [5.74, 6) is 0. The van der Waals surface area contributed by atoms with Crippen molar-refractivity contribution in [2.45, 2.75) is 19.3 Å². The predicted molar refractivity (Wildman–Crippen MR) is 55.0 cm³/mol. The second-order valence-electron chi connectivity index (χ2n) is 3.31. The van der Waals surface area contributed by atoms with Gasteiger partial charge < -0.3 is 26.6 Å². The third-order valence-corrected chi connectivity index (χ3v) is 2.05. The summed E-state index contributed by atoms with van der Waals surface area (Å²) in [4.78, 5) is 0.233. The SMILES string of the molecule is NCCCN(CCCC/[N+]([O-])=N\O)[N+]([O-])=NO. The highest BCUT2D eigenvalue weighted by molar-refractivity contribution is 4.48. The molecule has 0 unspecified atom stereocenters. The lowest BCUT2D eigenvalue weighted by molar-refractivity contribution is -0.710. The van der Waals surface area contributed by atoms with E-state index in [1.54, 1.807) is 0 Å². The smallest absolute Gasteiger partial charge is 0.230 e. The second-order valence-corrected chi connectivity index (χ2v) is 3.31. The Balaban J connectivity index is 3.91. The van der Waals surface area contributed by atoms with Crippen molar-refractivity contribution < 1.29 is 20.2 Å². The Kier molecular flexibility index (Phi) is 8.37. The summed E-state index contributed by atoms with van der Waals surface area (Å²) < 4.78 is 0. The van der Waals surface area contributed by atoms with E-state index in [0.717, 1.165) is 0 Å². The van der Waals surface area contributed by atoms with E-state index in [2.05, 4.69) is 10.6 Å². The van der Waals surface area contributed by atoms with Crippen molar-refractivity contribution in [3.63, 3.8) is 0 Å². The molecule has 10 heteroatoms. The van der Waals surface area contributed by atoms with Crippen LogP contribution in [0.15, 0.2) is 10.6 Å². The van der Waals surface area contributed by atoms with E-state index in [0.29, 0.717) is 38.9 Å². The van der Waals surface area contributed by atoms with Crippen LogP contribution in [-0.4, -0.2) is 51.4 Å². The van der Waals surface area contributed by atoms with E-state index in [1.165, 1.54) is 5.01 Å². The van der Waals surface area contributed by atoms with Gasteiger partial charge in [0.25, 0.3) is 0 Å². The molecule has 0 aliphatic heterocycles. The largest absolute Gasteiger partial charge is 0.597 e. The topological polar surface area (TPSA) is 147 Å². The van der Waals surface area contributed by atoms with E-state index in [9.17, 15) is 10.4 Å². The highest BCUT2D eigenvalue weighted by Gasteiger charge is 2.12. The maximum absolute atomic E-state index is 11.1. The van der Waals surface area contributed by atoms with Crippen LogP contribution in [0.2, 0.25) is 0 Å². The van der Waals surface area contributed by atoms with Gasteiger partial charge in [0.1, 0.15) is 0 Å². The minimum absolute atomic E-state index is 0.0380. The fourth-order valence-corrected chi connectivity index (χ4v) is 1.20. The molecule has 10 nitrogen and oxygen atoms in total. The molecule has 0 aromatic rings. The molecule has 17 heavy (non-hydrogen) atoms. The quantitative estimate of drug-likeness (QED) is 0.228. The van der Waals surface area contributed by atoms with Crippen molar-refractivity contribution in [2.24, 2.45) is 16.3 Å². The average molecular weight is 250 g/mol. The standard InChI is InChI=1S/C7H18N6O4/c8-4-3-6-11(13(17)10-15)5-1-2-7-12(16)9-14/h14-15H,1-8H2/b12-9+,13-10?. The number of hydrogen-bond donors (Lipinski definition) is 3. The first-order chi connectivity index (χ1) is 8.15. The lowest BCUT2D eigenvalue weighted by atomic mass is 10.3. The molecular formula is C7H18N6O4. The summed E-state index contributed by atoms with van der Waals surface area (Å²) in [6, 6.07) is 0. The first-order valence-electron chi connectivity index (χ1n) is 5.22. The number of rotatable bonds is 9. The van der Waals surface area contributed by atoms with Gasteiger partial charge >= 0.3 is 0 Å². The van der Waals surface area contributed by atoms with Gasteiger partial charge in [-0.1, -0.05) is 4.86 Å². The van der Waals surface area contributed by atoms with Crippen LogP contribution in [0.25, 0.3) is 0 Å². The Bertz CT molecular complexity index is 259. The van der Waals surface area contributed by atoms with Gasteiger partial charge in [-0.3, -0.25) is 0 Å². The Morgan fingerprint density at radius 2 is 1.71 bits per heavy atom. The number of nitrogens with zero attached hydrogens (tertiary/aromatic N) is 5. The van der Waals surface area contributed by atoms with Crippen LogP contribution < -0.4 is 5.73 Å². The van der Waals surface area contributed by atoms with Crippen molar-refractivity contribution in [3.05, 3.63) is 10.4 Å². The van der Waals surface area contributed by atoms with Gasteiger partial charge in [0.05, 0.1) is 18.1 Å². The zero-order valence-corrected chi connectivity index (χ0v) is 9.47. The molecule has 0 spiro atoms. The summed E-state index contributed by atoms with van der Waals surface area (Å²) in [6.07, 6.45) is 1.56. The molecule has 0 atom stereocenters. The minimum Gasteiger partial charge on any atom is -0.597 e. The maximum atomic E-state index is 11.1. The van der Waals surface area contributed by atoms with Gasteiger partial charge in [0.2, 0.25) is 5.28 Å². The van der Waals surface area contributed by atoms with Crippen LogP contribution in [0.3, 0.4) is 0 Å². The molecule has 0 saturated carbocycles. The molecule has 0 bridgehead atoms. The lowest BCUT2D eigenvalue weighted by Crippen LogP contribution is -2.33. The summed E-state index contributed by atoms with van der Waals surface area (Å²) in [7, 11) is 0. The summed E-state index contributed by atoms with van der Waals surface area (Å²) in [6.45, 7) is 1.16. The molecule has 100 valence electrons. The van der Waals surface area contributed by atoms with Gasteiger partial charge in [-0.05, 0) is 19.4 Å². The van der Waals surface area contributed by atoms with Crippen LogP contribution in [0.1, 0.15) is 19.3 Å². The average Bonchev–Trinajstić information content (AvgIpc) is 2.36. The third kappa shape index (κ3) is 7.11. The zero-order chi connectivity index (χ0) is 13.1. The van der Waals surface area contributed by atoms with Crippen LogP contribution >= 0.6 is 0 Å². The van der Waals surface area contributed by atoms with Gasteiger partial charge in [-0.2, -0.15) is 0 Å². The van der Waals surface area contributed by atoms with E-state index in [1.807, 2.05) is 0 Å². The monoisotopic (exact) mass is 250 g/mol. The molecule has 0 aliphatic carbocycles. The van der Waals surface area contributed by atoms with Crippen molar-refractivity contribution in [1.82, 2.24) is 5.01 Å². The van der Waals surface area contributed by atoms with Crippen molar-refractivity contribution >= 4 is 0 Å². The fraction of sp³-hybridized carbons (Fsp3) is 1.00. The van der Waals surface area contributed by atoms with E-state index >= 15 is 0 Å². The second kappa shape index (κ2) is 9.39. The van der Waals surface area contributed by atoms with E-state index in [-0.39, 0.29) is 16.4 Å². The van der Waals surface area contributed by atoms with E-state index in [4.69, 9.17) is 16.1 Å².